The minimum atomic E-state index is -0.623. The fourth-order valence-corrected chi connectivity index (χ4v) is 3.38. The van der Waals surface area contributed by atoms with E-state index in [1.54, 1.807) is 11.3 Å². The first kappa shape index (κ1) is 15.0. The van der Waals surface area contributed by atoms with Crippen LogP contribution in [0.2, 0.25) is 0 Å². The highest BCUT2D eigenvalue weighted by atomic mass is 32.1. The Morgan fingerprint density at radius 3 is 2.68 bits per heavy atom. The number of rotatable bonds is 6. The zero-order valence-corrected chi connectivity index (χ0v) is 13.2. The number of aliphatic hydroxyl groups is 1. The molecule has 0 fully saturated rings. The highest BCUT2D eigenvalue weighted by Gasteiger charge is 2.23. The van der Waals surface area contributed by atoms with Gasteiger partial charge < -0.3 is 15.2 Å². The maximum Gasteiger partial charge on any atom is 0.151 e. The summed E-state index contributed by atoms with van der Waals surface area (Å²) < 4.78 is 7.32. The van der Waals surface area contributed by atoms with Crippen molar-refractivity contribution in [3.63, 3.8) is 0 Å². The van der Waals surface area contributed by atoms with E-state index in [-0.39, 0.29) is 0 Å². The molecule has 114 valence electrons. The van der Waals surface area contributed by atoms with Gasteiger partial charge in [0.15, 0.2) is 6.10 Å². The van der Waals surface area contributed by atoms with Crippen molar-refractivity contribution in [3.05, 3.63) is 65.5 Å². The summed E-state index contributed by atoms with van der Waals surface area (Å²) >= 11 is 1.65. The van der Waals surface area contributed by atoms with Gasteiger partial charge in [0.25, 0.3) is 0 Å². The van der Waals surface area contributed by atoms with Gasteiger partial charge in [-0.05, 0) is 35.5 Å². The van der Waals surface area contributed by atoms with Crippen LogP contribution in [-0.2, 0) is 0 Å². The van der Waals surface area contributed by atoms with Gasteiger partial charge in [0.1, 0.15) is 11.9 Å². The first-order chi connectivity index (χ1) is 10.8. The molecule has 1 aromatic heterocycles. The lowest BCUT2D eigenvalue weighted by Gasteiger charge is -2.25. The molecule has 2 N–H and O–H groups in total. The van der Waals surface area contributed by atoms with Gasteiger partial charge in [-0.1, -0.05) is 42.5 Å². The van der Waals surface area contributed by atoms with Gasteiger partial charge in [0.05, 0.1) is 4.70 Å². The molecular formula is C18H19NO2S. The predicted molar refractivity (Wildman–Crippen MR) is 91.6 cm³/mol. The Morgan fingerprint density at radius 1 is 1.09 bits per heavy atom. The predicted octanol–water partition coefficient (Wildman–Crippen LogP) is 3.60. The number of ether oxygens (including phenoxy) is 1. The zero-order valence-electron chi connectivity index (χ0n) is 12.4. The molecule has 0 amide bonds. The van der Waals surface area contributed by atoms with Crippen LogP contribution in [0.5, 0.6) is 5.75 Å². The number of fused-ring (bicyclic) bond motifs is 1. The van der Waals surface area contributed by atoms with E-state index >= 15 is 0 Å². The second-order valence-electron chi connectivity index (χ2n) is 5.17. The monoisotopic (exact) mass is 313 g/mol. The topological polar surface area (TPSA) is 41.5 Å². The summed E-state index contributed by atoms with van der Waals surface area (Å²) in [5, 5.41) is 16.7. The molecule has 0 saturated carbocycles. The summed E-state index contributed by atoms with van der Waals surface area (Å²) in [7, 11) is 1.82. The van der Waals surface area contributed by atoms with E-state index in [4.69, 9.17) is 4.74 Å². The third kappa shape index (κ3) is 3.14. The third-order valence-electron chi connectivity index (χ3n) is 3.59. The molecule has 4 heteroatoms. The van der Waals surface area contributed by atoms with Crippen molar-refractivity contribution in [2.24, 2.45) is 0 Å². The van der Waals surface area contributed by atoms with Crippen molar-refractivity contribution in [2.45, 2.75) is 12.2 Å². The fraction of sp³-hybridized carbons (Fsp3) is 0.222. The molecule has 0 unspecified atom stereocenters. The van der Waals surface area contributed by atoms with Crippen molar-refractivity contribution in [3.8, 4) is 5.75 Å². The Bertz CT molecular complexity index is 726. The summed E-state index contributed by atoms with van der Waals surface area (Å²) in [4.78, 5) is 0. The minimum absolute atomic E-state index is 0.402. The number of hydrogen-bond donors (Lipinski definition) is 2. The van der Waals surface area contributed by atoms with E-state index in [2.05, 4.69) is 22.8 Å². The van der Waals surface area contributed by atoms with Crippen molar-refractivity contribution in [1.29, 1.82) is 0 Å². The number of likely N-dealkylation sites (N-methyl/N-ethyl adjacent to an activating group) is 1. The van der Waals surface area contributed by atoms with Crippen LogP contribution in [0.25, 0.3) is 10.1 Å². The van der Waals surface area contributed by atoms with Gasteiger partial charge in [-0.15, -0.1) is 11.3 Å². The van der Waals surface area contributed by atoms with E-state index in [1.165, 1.54) is 0 Å². The van der Waals surface area contributed by atoms with E-state index in [9.17, 15) is 5.11 Å². The standard InChI is InChI=1S/C18H19NO2S/c1-19-12-15(20)17(13-6-3-2-4-7-13)21-16-9-5-8-14-10-11-22-18(14)16/h2-11,15,17,19-20H,12H2,1H3/t15-,17-/m0/s1. The fourth-order valence-electron chi connectivity index (χ4n) is 2.52. The van der Waals surface area contributed by atoms with Crippen molar-refractivity contribution in [2.75, 3.05) is 13.6 Å². The molecule has 0 bridgehead atoms. The second kappa shape index (κ2) is 6.92. The van der Waals surface area contributed by atoms with Gasteiger partial charge in [-0.2, -0.15) is 0 Å². The quantitative estimate of drug-likeness (QED) is 0.730. The number of hydrogen-bond acceptors (Lipinski definition) is 4. The average molecular weight is 313 g/mol. The van der Waals surface area contributed by atoms with E-state index < -0.39 is 12.2 Å². The van der Waals surface area contributed by atoms with Gasteiger partial charge >= 0.3 is 0 Å². The van der Waals surface area contributed by atoms with Gasteiger partial charge in [-0.3, -0.25) is 0 Å². The second-order valence-corrected chi connectivity index (χ2v) is 6.09. The van der Waals surface area contributed by atoms with Crippen molar-refractivity contribution < 1.29 is 9.84 Å². The van der Waals surface area contributed by atoms with Crippen LogP contribution in [0.3, 0.4) is 0 Å². The first-order valence-electron chi connectivity index (χ1n) is 7.30. The Balaban J connectivity index is 1.94. The maximum absolute atomic E-state index is 10.5. The van der Waals surface area contributed by atoms with Gasteiger partial charge in [0, 0.05) is 6.54 Å². The summed E-state index contributed by atoms with van der Waals surface area (Å²) in [6.45, 7) is 0.472. The summed E-state index contributed by atoms with van der Waals surface area (Å²) in [6, 6.07) is 17.9. The molecule has 0 aliphatic rings. The lowest BCUT2D eigenvalue weighted by atomic mass is 10.0. The molecule has 2 aromatic carbocycles. The lowest BCUT2D eigenvalue weighted by molar-refractivity contribution is 0.0380. The van der Waals surface area contributed by atoms with Crippen LogP contribution in [0, 0.1) is 0 Å². The Kier molecular flexibility index (Phi) is 4.73. The molecule has 22 heavy (non-hydrogen) atoms. The van der Waals surface area contributed by atoms with Crippen LogP contribution in [0.1, 0.15) is 11.7 Å². The first-order valence-corrected chi connectivity index (χ1v) is 8.18. The lowest BCUT2D eigenvalue weighted by Crippen LogP contribution is -2.32. The largest absolute Gasteiger partial charge is 0.481 e. The maximum atomic E-state index is 10.5. The SMILES string of the molecule is CNC[C@H](O)[C@@H](Oc1cccc2ccsc12)c1ccccc1. The van der Waals surface area contributed by atoms with Crippen LogP contribution in [0.15, 0.2) is 60.0 Å². The Labute approximate surface area is 134 Å². The molecule has 0 aliphatic heterocycles. The number of thiophene rings is 1. The van der Waals surface area contributed by atoms with Crippen LogP contribution in [0.4, 0.5) is 0 Å². The van der Waals surface area contributed by atoms with Crippen LogP contribution >= 0.6 is 11.3 Å². The summed E-state index contributed by atoms with van der Waals surface area (Å²) in [5.41, 5.74) is 0.971. The number of aliphatic hydroxyl groups excluding tert-OH is 1. The molecule has 1 heterocycles. The average Bonchev–Trinajstić information content (AvgIpc) is 3.03. The highest BCUT2D eigenvalue weighted by Crippen LogP contribution is 2.34. The molecule has 3 nitrogen and oxygen atoms in total. The smallest absolute Gasteiger partial charge is 0.151 e. The molecule has 0 radical (unpaired) electrons. The van der Waals surface area contributed by atoms with Crippen LogP contribution < -0.4 is 10.1 Å². The van der Waals surface area contributed by atoms with Crippen LogP contribution in [-0.4, -0.2) is 24.8 Å². The minimum Gasteiger partial charge on any atom is -0.481 e. The normalized spacial score (nSPS) is 13.9. The Hall–Kier alpha value is -1.88. The molecule has 2 atom stereocenters. The van der Waals surface area contributed by atoms with E-state index in [1.807, 2.05) is 49.5 Å². The molecule has 0 saturated heterocycles. The summed E-state index contributed by atoms with van der Waals surface area (Å²) in [6.07, 6.45) is -1.02. The van der Waals surface area contributed by atoms with Crippen molar-refractivity contribution >= 4 is 21.4 Å². The Morgan fingerprint density at radius 2 is 1.91 bits per heavy atom. The molecule has 3 aromatic rings. The van der Waals surface area contributed by atoms with Gasteiger partial charge in [-0.25, -0.2) is 0 Å². The molecule has 0 spiro atoms. The molecule has 0 aliphatic carbocycles. The van der Waals surface area contributed by atoms with Crippen molar-refractivity contribution in [1.82, 2.24) is 5.32 Å². The molecule has 3 rings (SSSR count). The number of benzene rings is 2. The third-order valence-corrected chi connectivity index (χ3v) is 4.53. The van der Waals surface area contributed by atoms with E-state index in [0.29, 0.717) is 6.54 Å². The summed E-state index contributed by atoms with van der Waals surface area (Å²) in [5.74, 6) is 0.816. The number of nitrogens with one attached hydrogen (secondary N) is 1. The molecular weight excluding hydrogens is 294 g/mol. The van der Waals surface area contributed by atoms with Gasteiger partial charge in [0.2, 0.25) is 0 Å². The van der Waals surface area contributed by atoms with E-state index in [0.717, 1.165) is 21.4 Å². The highest BCUT2D eigenvalue weighted by molar-refractivity contribution is 7.17. The zero-order chi connectivity index (χ0) is 15.4.